The standard InChI is InChI=1S/C19H21BrN2O3/c1-19(2,3)25-18(24)22-12-15-5-4-14(11-16(15)20)17(23)10-13-6-8-21-9-7-13/h4-9,11H,10,12H2,1-3H3,(H,22,24). The first-order valence-electron chi connectivity index (χ1n) is 7.92. The lowest BCUT2D eigenvalue weighted by Crippen LogP contribution is -2.32. The highest BCUT2D eigenvalue weighted by molar-refractivity contribution is 9.10. The summed E-state index contributed by atoms with van der Waals surface area (Å²) in [6.07, 6.45) is 3.19. The van der Waals surface area contributed by atoms with Crippen LogP contribution in [-0.4, -0.2) is 22.5 Å². The van der Waals surface area contributed by atoms with Crippen LogP contribution < -0.4 is 5.32 Å². The third-order valence-corrected chi connectivity index (χ3v) is 4.05. The number of nitrogens with one attached hydrogen (secondary N) is 1. The highest BCUT2D eigenvalue weighted by Crippen LogP contribution is 2.20. The molecule has 1 heterocycles. The van der Waals surface area contributed by atoms with Crippen molar-refractivity contribution in [3.8, 4) is 0 Å². The molecule has 6 heteroatoms. The number of alkyl carbamates (subject to hydrolysis) is 1. The summed E-state index contributed by atoms with van der Waals surface area (Å²) in [6.45, 7) is 5.75. The van der Waals surface area contributed by atoms with Gasteiger partial charge < -0.3 is 10.1 Å². The van der Waals surface area contributed by atoms with Crippen molar-refractivity contribution in [2.45, 2.75) is 39.3 Å². The van der Waals surface area contributed by atoms with Crippen molar-refractivity contribution in [2.24, 2.45) is 0 Å². The molecule has 2 aromatic rings. The monoisotopic (exact) mass is 404 g/mol. The van der Waals surface area contributed by atoms with Gasteiger partial charge in [0, 0.05) is 35.4 Å². The number of carbonyl (C=O) groups is 2. The average Bonchev–Trinajstić information content (AvgIpc) is 2.53. The number of ether oxygens (including phenoxy) is 1. The van der Waals surface area contributed by atoms with Crippen molar-refractivity contribution in [2.75, 3.05) is 0 Å². The number of carbonyl (C=O) groups excluding carboxylic acids is 2. The van der Waals surface area contributed by atoms with Gasteiger partial charge in [0.25, 0.3) is 0 Å². The van der Waals surface area contributed by atoms with Gasteiger partial charge in [0.15, 0.2) is 5.78 Å². The number of rotatable bonds is 5. The molecule has 0 radical (unpaired) electrons. The second kappa shape index (κ2) is 8.25. The van der Waals surface area contributed by atoms with Gasteiger partial charge in [-0.15, -0.1) is 0 Å². The highest BCUT2D eigenvalue weighted by atomic mass is 79.9. The molecular weight excluding hydrogens is 384 g/mol. The lowest BCUT2D eigenvalue weighted by atomic mass is 10.0. The van der Waals surface area contributed by atoms with Gasteiger partial charge in [0.1, 0.15) is 5.60 Å². The molecule has 0 aliphatic heterocycles. The summed E-state index contributed by atoms with van der Waals surface area (Å²) in [5, 5.41) is 2.70. The van der Waals surface area contributed by atoms with Crippen LogP contribution in [0, 0.1) is 0 Å². The van der Waals surface area contributed by atoms with Gasteiger partial charge in [-0.25, -0.2) is 4.79 Å². The van der Waals surface area contributed by atoms with Crippen molar-refractivity contribution in [3.05, 3.63) is 63.9 Å². The summed E-state index contributed by atoms with van der Waals surface area (Å²) in [7, 11) is 0. The van der Waals surface area contributed by atoms with E-state index in [2.05, 4.69) is 26.2 Å². The van der Waals surface area contributed by atoms with Gasteiger partial charge in [0.2, 0.25) is 0 Å². The van der Waals surface area contributed by atoms with E-state index in [4.69, 9.17) is 4.74 Å². The molecule has 1 N–H and O–H groups in total. The smallest absolute Gasteiger partial charge is 0.407 e. The van der Waals surface area contributed by atoms with Crippen LogP contribution in [0.25, 0.3) is 0 Å². The van der Waals surface area contributed by atoms with Crippen LogP contribution in [0.5, 0.6) is 0 Å². The lowest BCUT2D eigenvalue weighted by molar-refractivity contribution is 0.0523. The van der Waals surface area contributed by atoms with E-state index >= 15 is 0 Å². The predicted molar refractivity (Wildman–Crippen MR) is 99.5 cm³/mol. The molecule has 25 heavy (non-hydrogen) atoms. The Morgan fingerprint density at radius 3 is 2.44 bits per heavy atom. The maximum atomic E-state index is 12.4. The quantitative estimate of drug-likeness (QED) is 0.754. The third kappa shape index (κ3) is 6.31. The molecule has 0 unspecified atom stereocenters. The van der Waals surface area contributed by atoms with E-state index in [0.717, 1.165) is 15.6 Å². The second-order valence-electron chi connectivity index (χ2n) is 6.62. The first kappa shape index (κ1) is 19.1. The molecule has 1 amide bonds. The lowest BCUT2D eigenvalue weighted by Gasteiger charge is -2.19. The number of benzene rings is 1. The van der Waals surface area contributed by atoms with Crippen LogP contribution in [0.15, 0.2) is 47.2 Å². The number of aromatic nitrogens is 1. The Morgan fingerprint density at radius 2 is 1.84 bits per heavy atom. The van der Waals surface area contributed by atoms with Crippen LogP contribution in [0.2, 0.25) is 0 Å². The highest BCUT2D eigenvalue weighted by Gasteiger charge is 2.16. The summed E-state index contributed by atoms with van der Waals surface area (Å²) in [5.41, 5.74) is 1.87. The molecule has 2 rings (SSSR count). The zero-order valence-electron chi connectivity index (χ0n) is 14.5. The van der Waals surface area contributed by atoms with E-state index in [9.17, 15) is 9.59 Å². The Kier molecular flexibility index (Phi) is 6.31. The Bertz CT molecular complexity index is 755. The van der Waals surface area contributed by atoms with Crippen LogP contribution in [0.3, 0.4) is 0 Å². The predicted octanol–water partition coefficient (Wildman–Crippen LogP) is 4.29. The van der Waals surface area contributed by atoms with E-state index in [1.807, 2.05) is 39.0 Å². The molecule has 0 spiro atoms. The van der Waals surface area contributed by atoms with Crippen molar-refractivity contribution in [1.29, 1.82) is 0 Å². The van der Waals surface area contributed by atoms with E-state index in [-0.39, 0.29) is 5.78 Å². The molecule has 0 aliphatic carbocycles. The molecule has 0 atom stereocenters. The maximum absolute atomic E-state index is 12.4. The Labute approximate surface area is 155 Å². The van der Waals surface area contributed by atoms with Crippen LogP contribution in [0.1, 0.15) is 42.3 Å². The molecular formula is C19H21BrN2O3. The number of Topliss-reactive ketones (excluding diaryl/α,β-unsaturated/α-hetero) is 1. The minimum absolute atomic E-state index is 0.0264. The van der Waals surface area contributed by atoms with E-state index in [1.165, 1.54) is 0 Å². The fourth-order valence-corrected chi connectivity index (χ4v) is 2.65. The van der Waals surface area contributed by atoms with E-state index in [1.54, 1.807) is 24.5 Å². The molecule has 5 nitrogen and oxygen atoms in total. The van der Waals surface area contributed by atoms with E-state index in [0.29, 0.717) is 18.5 Å². The van der Waals surface area contributed by atoms with Crippen molar-refractivity contribution in [1.82, 2.24) is 10.3 Å². The van der Waals surface area contributed by atoms with Crippen LogP contribution in [0.4, 0.5) is 4.79 Å². The molecule has 0 aliphatic rings. The van der Waals surface area contributed by atoms with E-state index < -0.39 is 11.7 Å². The number of amides is 1. The first-order chi connectivity index (χ1) is 11.7. The van der Waals surface area contributed by atoms with Gasteiger partial charge in [-0.3, -0.25) is 9.78 Å². The summed E-state index contributed by atoms with van der Waals surface area (Å²) >= 11 is 3.46. The summed E-state index contributed by atoms with van der Waals surface area (Å²) in [6, 6.07) is 9.01. The van der Waals surface area contributed by atoms with Gasteiger partial charge in [-0.2, -0.15) is 0 Å². The number of ketones is 1. The number of hydrogen-bond acceptors (Lipinski definition) is 4. The third-order valence-electron chi connectivity index (χ3n) is 3.31. The maximum Gasteiger partial charge on any atom is 0.407 e. The Hall–Kier alpha value is -2.21. The van der Waals surface area contributed by atoms with Gasteiger partial charge in [-0.1, -0.05) is 28.1 Å². The second-order valence-corrected chi connectivity index (χ2v) is 7.47. The van der Waals surface area contributed by atoms with Gasteiger partial charge >= 0.3 is 6.09 Å². The topological polar surface area (TPSA) is 68.3 Å². The Morgan fingerprint density at radius 1 is 1.16 bits per heavy atom. The van der Waals surface area contributed by atoms with Crippen molar-refractivity contribution in [3.63, 3.8) is 0 Å². The molecule has 0 bridgehead atoms. The SMILES string of the molecule is CC(C)(C)OC(=O)NCc1ccc(C(=O)Cc2ccncc2)cc1Br. The average molecular weight is 405 g/mol. The fraction of sp³-hybridized carbons (Fsp3) is 0.316. The van der Waals surface area contributed by atoms with Crippen LogP contribution in [-0.2, 0) is 17.7 Å². The first-order valence-corrected chi connectivity index (χ1v) is 8.71. The molecule has 132 valence electrons. The Balaban J connectivity index is 1.98. The minimum Gasteiger partial charge on any atom is -0.444 e. The molecule has 0 saturated heterocycles. The number of nitrogens with zero attached hydrogens (tertiary/aromatic N) is 1. The number of hydrogen-bond donors (Lipinski definition) is 1. The molecule has 0 fully saturated rings. The minimum atomic E-state index is -0.537. The van der Waals surface area contributed by atoms with Gasteiger partial charge in [-0.05, 0) is 50.1 Å². The molecule has 1 aromatic heterocycles. The zero-order valence-corrected chi connectivity index (χ0v) is 16.1. The summed E-state index contributed by atoms with van der Waals surface area (Å²) in [5.74, 6) is 0.0264. The van der Waals surface area contributed by atoms with Crippen molar-refractivity contribution < 1.29 is 14.3 Å². The largest absolute Gasteiger partial charge is 0.444 e. The summed E-state index contributed by atoms with van der Waals surface area (Å²) < 4.78 is 5.97. The van der Waals surface area contributed by atoms with Crippen LogP contribution >= 0.6 is 15.9 Å². The number of halogens is 1. The molecule has 1 aromatic carbocycles. The normalized spacial score (nSPS) is 11.0. The fourth-order valence-electron chi connectivity index (χ4n) is 2.13. The van der Waals surface area contributed by atoms with Gasteiger partial charge in [0.05, 0.1) is 0 Å². The molecule has 0 saturated carbocycles. The van der Waals surface area contributed by atoms with Crippen molar-refractivity contribution >= 4 is 27.8 Å². The zero-order chi connectivity index (χ0) is 18.4. The summed E-state index contributed by atoms with van der Waals surface area (Å²) in [4.78, 5) is 28.0. The number of pyridine rings is 1.